The van der Waals surface area contributed by atoms with E-state index in [1.807, 2.05) is 11.3 Å². The molecule has 2 aliphatic heterocycles. The number of benzene rings is 6. The zero-order valence-corrected chi connectivity index (χ0v) is 43.6. The molecule has 7 aromatic rings. The molecule has 0 saturated heterocycles. The van der Waals surface area contributed by atoms with E-state index >= 15 is 0 Å². The van der Waals surface area contributed by atoms with E-state index in [2.05, 4.69) is 236 Å². The quantitative estimate of drug-likeness (QED) is 0.163. The monoisotopic (exact) mass is 887 g/mol. The number of thiophene rings is 1. The fraction of sp³-hybridized carbons (Fsp3) is 0.387. The van der Waals surface area contributed by atoms with Crippen LogP contribution in [0.25, 0.3) is 21.2 Å². The molecule has 0 fully saturated rings. The summed E-state index contributed by atoms with van der Waals surface area (Å²) in [6, 6.07) is 45.8. The Morgan fingerprint density at radius 3 is 1.61 bits per heavy atom. The molecule has 338 valence electrons. The molecule has 0 radical (unpaired) electrons. The van der Waals surface area contributed by atoms with Gasteiger partial charge in [-0.25, -0.2) is 0 Å². The van der Waals surface area contributed by atoms with E-state index in [9.17, 15) is 0 Å². The molecule has 66 heavy (non-hydrogen) atoms. The van der Waals surface area contributed by atoms with Crippen molar-refractivity contribution in [3.63, 3.8) is 0 Å². The van der Waals surface area contributed by atoms with Crippen LogP contribution in [-0.2, 0) is 32.5 Å². The van der Waals surface area contributed by atoms with Gasteiger partial charge in [0.05, 0.1) is 11.4 Å². The number of fused-ring (bicyclic) bond motifs is 7. The van der Waals surface area contributed by atoms with Gasteiger partial charge in [-0.3, -0.25) is 0 Å². The minimum absolute atomic E-state index is 0.00549. The second-order valence-electron chi connectivity index (χ2n) is 25.4. The molecule has 10 rings (SSSR count). The maximum atomic E-state index is 2.72. The smallest absolute Gasteiger partial charge is 0.264 e. The predicted octanol–water partition coefficient (Wildman–Crippen LogP) is 16.2. The number of rotatable bonds is 3. The van der Waals surface area contributed by atoms with Crippen molar-refractivity contribution in [1.82, 2.24) is 0 Å². The highest BCUT2D eigenvalue weighted by Crippen LogP contribution is 2.54. The molecule has 1 aromatic heterocycles. The van der Waals surface area contributed by atoms with Gasteiger partial charge in [-0.1, -0.05) is 171 Å². The van der Waals surface area contributed by atoms with Crippen LogP contribution < -0.4 is 25.5 Å². The first kappa shape index (κ1) is 44.8. The molecule has 3 aliphatic rings. The molecular weight excluding hydrogens is 816 g/mol. The van der Waals surface area contributed by atoms with Gasteiger partial charge < -0.3 is 9.80 Å². The molecule has 0 saturated carbocycles. The third-order valence-electron chi connectivity index (χ3n) is 15.5. The Balaban J connectivity index is 1.39. The lowest BCUT2D eigenvalue weighted by Crippen LogP contribution is -2.61. The molecule has 0 unspecified atom stereocenters. The Bertz CT molecular complexity index is 3060. The molecule has 0 spiro atoms. The van der Waals surface area contributed by atoms with Gasteiger partial charge in [0.15, 0.2) is 0 Å². The standard InChI is InChI=1S/C62H71BN2S/c1-57(2,3)39-22-26-43(27-23-39)64-50-37-47-46(61(13,14)30-31-62(47,15)16)36-48(50)63-54-51(64)34-42(60(10,11)12)35-52(54)65(55-45-33-41(59(7,8)9)25-29-53(45)66-56(55)63)49-28-24-40(58(4,5)6)32-44(49)38-20-18-17-19-21-38/h17-29,32-37H,30-31H2,1-16H3. The first-order valence-electron chi connectivity index (χ1n) is 24.6. The SMILES string of the molecule is CC(C)(C)c1ccc(N2c3cc4c(cc3B3c5sc6ccc(C(C)(C)C)cc6c5N(c5ccc(C(C)(C)C)cc5-c5ccccc5)c5cc(C(C)(C)C)cc2c53)C(C)(C)CCC4(C)C)cc1. The van der Waals surface area contributed by atoms with E-state index in [1.165, 1.54) is 117 Å². The van der Waals surface area contributed by atoms with Gasteiger partial charge in [0.25, 0.3) is 6.71 Å². The third-order valence-corrected chi connectivity index (χ3v) is 16.8. The van der Waals surface area contributed by atoms with Crippen LogP contribution >= 0.6 is 11.3 Å². The van der Waals surface area contributed by atoms with Crippen LogP contribution in [0, 0.1) is 0 Å². The predicted molar refractivity (Wildman–Crippen MR) is 291 cm³/mol. The summed E-state index contributed by atoms with van der Waals surface area (Å²) in [7, 11) is 0. The fourth-order valence-corrected chi connectivity index (χ4v) is 12.4. The van der Waals surface area contributed by atoms with Crippen molar-refractivity contribution in [2.45, 2.75) is 156 Å². The highest BCUT2D eigenvalue weighted by Gasteiger charge is 2.48. The van der Waals surface area contributed by atoms with Gasteiger partial charge in [0.1, 0.15) is 0 Å². The Labute approximate surface area is 401 Å². The van der Waals surface area contributed by atoms with E-state index in [1.54, 1.807) is 0 Å². The second kappa shape index (κ2) is 14.7. The summed E-state index contributed by atoms with van der Waals surface area (Å²) < 4.78 is 2.78. The zero-order chi connectivity index (χ0) is 47.3. The van der Waals surface area contributed by atoms with Crippen LogP contribution in [0.1, 0.15) is 157 Å². The van der Waals surface area contributed by atoms with Crippen molar-refractivity contribution in [3.05, 3.63) is 149 Å². The van der Waals surface area contributed by atoms with Gasteiger partial charge in [0, 0.05) is 43.2 Å². The Kier molecular flexibility index (Phi) is 9.98. The Hall–Kier alpha value is -5.06. The molecule has 1 aliphatic carbocycles. The number of hydrogen-bond acceptors (Lipinski definition) is 3. The van der Waals surface area contributed by atoms with Gasteiger partial charge in [-0.05, 0) is 150 Å². The van der Waals surface area contributed by atoms with Crippen LogP contribution in [0.4, 0.5) is 34.1 Å². The minimum Gasteiger partial charge on any atom is -0.311 e. The maximum absolute atomic E-state index is 2.72. The second-order valence-corrected chi connectivity index (χ2v) is 26.5. The van der Waals surface area contributed by atoms with Crippen molar-refractivity contribution in [1.29, 1.82) is 0 Å². The van der Waals surface area contributed by atoms with Crippen LogP contribution in [-0.4, -0.2) is 6.71 Å². The Morgan fingerprint density at radius 1 is 0.485 bits per heavy atom. The summed E-state index contributed by atoms with van der Waals surface area (Å²) in [5.41, 5.74) is 21.4. The molecule has 2 nitrogen and oxygen atoms in total. The summed E-state index contributed by atoms with van der Waals surface area (Å²) >= 11 is 2.02. The molecule has 0 amide bonds. The highest BCUT2D eigenvalue weighted by atomic mass is 32.1. The third kappa shape index (κ3) is 7.19. The van der Waals surface area contributed by atoms with Crippen molar-refractivity contribution < 1.29 is 0 Å². The summed E-state index contributed by atoms with van der Waals surface area (Å²) in [5.74, 6) is 0. The summed E-state index contributed by atoms with van der Waals surface area (Å²) in [5, 5.41) is 1.34. The lowest BCUT2D eigenvalue weighted by atomic mass is 9.35. The van der Waals surface area contributed by atoms with Crippen LogP contribution in [0.2, 0.25) is 0 Å². The van der Waals surface area contributed by atoms with Crippen LogP contribution in [0.15, 0.2) is 115 Å². The average Bonchev–Trinajstić information content (AvgIpc) is 3.62. The van der Waals surface area contributed by atoms with Gasteiger partial charge in [-0.15, -0.1) is 11.3 Å². The average molecular weight is 887 g/mol. The number of anilines is 6. The highest BCUT2D eigenvalue weighted by molar-refractivity contribution is 7.33. The van der Waals surface area contributed by atoms with Crippen molar-refractivity contribution in [2.75, 3.05) is 9.80 Å². The first-order chi connectivity index (χ1) is 30.7. The zero-order valence-electron chi connectivity index (χ0n) is 42.8. The first-order valence-corrected chi connectivity index (χ1v) is 25.4. The van der Waals surface area contributed by atoms with Crippen LogP contribution in [0.3, 0.4) is 0 Å². The molecule has 0 bridgehead atoms. The summed E-state index contributed by atoms with van der Waals surface area (Å²) in [6.07, 6.45) is 2.35. The minimum atomic E-state index is -0.120. The van der Waals surface area contributed by atoms with Crippen molar-refractivity contribution >= 4 is 78.0 Å². The molecule has 4 heteroatoms. The largest absolute Gasteiger partial charge is 0.311 e. The van der Waals surface area contributed by atoms with E-state index in [4.69, 9.17) is 0 Å². The fourth-order valence-electron chi connectivity index (χ4n) is 11.1. The van der Waals surface area contributed by atoms with E-state index in [0.29, 0.717) is 0 Å². The van der Waals surface area contributed by atoms with E-state index < -0.39 is 0 Å². The number of nitrogens with zero attached hydrogens (tertiary/aromatic N) is 2. The maximum Gasteiger partial charge on any atom is 0.264 e. The van der Waals surface area contributed by atoms with E-state index in [-0.39, 0.29) is 39.2 Å². The Morgan fingerprint density at radius 2 is 1.02 bits per heavy atom. The van der Waals surface area contributed by atoms with E-state index in [0.717, 1.165) is 0 Å². The molecular formula is C62H71BN2S. The lowest BCUT2D eigenvalue weighted by Gasteiger charge is -2.47. The topological polar surface area (TPSA) is 6.48 Å². The van der Waals surface area contributed by atoms with Crippen molar-refractivity contribution in [3.8, 4) is 11.1 Å². The normalized spacial score (nSPS) is 16.5. The van der Waals surface area contributed by atoms with Gasteiger partial charge in [-0.2, -0.15) is 0 Å². The summed E-state index contributed by atoms with van der Waals surface area (Å²) in [4.78, 5) is 5.39. The molecule has 3 heterocycles. The summed E-state index contributed by atoms with van der Waals surface area (Å²) in [6.45, 7) is 38.2. The number of hydrogen-bond donors (Lipinski definition) is 0. The molecule has 6 aromatic carbocycles. The molecule has 0 N–H and O–H groups in total. The van der Waals surface area contributed by atoms with Gasteiger partial charge >= 0.3 is 0 Å². The van der Waals surface area contributed by atoms with Crippen molar-refractivity contribution in [2.24, 2.45) is 0 Å². The van der Waals surface area contributed by atoms with Gasteiger partial charge in [0.2, 0.25) is 0 Å². The lowest BCUT2D eigenvalue weighted by molar-refractivity contribution is 0.332. The molecule has 0 atom stereocenters. The van der Waals surface area contributed by atoms with Crippen LogP contribution in [0.5, 0.6) is 0 Å².